The summed E-state index contributed by atoms with van der Waals surface area (Å²) in [5.41, 5.74) is 0.879. The standard InChI is InChI=1S/C16H25ClN2O2/c1-5-18-10-13-14(17)7-6-8-15(13)21-12(4)16(20)19-9-11(2)3/h6-8,11-12,18H,5,9-10H2,1-4H3,(H,19,20). The van der Waals surface area contributed by atoms with Crippen molar-refractivity contribution in [3.8, 4) is 5.75 Å². The Labute approximate surface area is 132 Å². The van der Waals surface area contributed by atoms with Gasteiger partial charge in [-0.25, -0.2) is 0 Å². The SMILES string of the molecule is CCNCc1c(Cl)cccc1OC(C)C(=O)NCC(C)C. The molecule has 0 spiro atoms. The zero-order valence-electron chi connectivity index (χ0n) is 13.2. The second-order valence-corrected chi connectivity index (χ2v) is 5.80. The minimum absolute atomic E-state index is 0.113. The molecule has 21 heavy (non-hydrogen) atoms. The van der Waals surface area contributed by atoms with Crippen LogP contribution in [0, 0.1) is 5.92 Å². The average Bonchev–Trinajstić information content (AvgIpc) is 2.44. The first-order valence-corrected chi connectivity index (χ1v) is 7.76. The Morgan fingerprint density at radius 1 is 1.33 bits per heavy atom. The first kappa shape index (κ1) is 17.8. The van der Waals surface area contributed by atoms with Crippen LogP contribution < -0.4 is 15.4 Å². The second kappa shape index (κ2) is 8.90. The molecule has 1 atom stereocenters. The number of carbonyl (C=O) groups excluding carboxylic acids is 1. The van der Waals surface area contributed by atoms with Crippen molar-refractivity contribution in [2.45, 2.75) is 40.3 Å². The molecule has 0 bridgehead atoms. The van der Waals surface area contributed by atoms with Gasteiger partial charge in [-0.1, -0.05) is 38.4 Å². The van der Waals surface area contributed by atoms with Gasteiger partial charge in [0.05, 0.1) is 0 Å². The first-order valence-electron chi connectivity index (χ1n) is 7.38. The van der Waals surface area contributed by atoms with Gasteiger partial charge >= 0.3 is 0 Å². The van der Waals surface area contributed by atoms with Gasteiger partial charge in [0.2, 0.25) is 0 Å². The fourth-order valence-corrected chi connectivity index (χ4v) is 2.00. The molecule has 1 aromatic rings. The molecule has 1 unspecified atom stereocenters. The lowest BCUT2D eigenvalue weighted by molar-refractivity contribution is -0.127. The van der Waals surface area contributed by atoms with Crippen molar-refractivity contribution in [3.63, 3.8) is 0 Å². The number of rotatable bonds is 8. The lowest BCUT2D eigenvalue weighted by atomic mass is 10.2. The maximum atomic E-state index is 12.0. The molecule has 1 aromatic carbocycles. The Hall–Kier alpha value is -1.26. The van der Waals surface area contributed by atoms with Crippen molar-refractivity contribution in [2.75, 3.05) is 13.1 Å². The van der Waals surface area contributed by atoms with Crippen LogP contribution >= 0.6 is 11.6 Å². The topological polar surface area (TPSA) is 50.4 Å². The highest BCUT2D eigenvalue weighted by Crippen LogP contribution is 2.27. The highest BCUT2D eigenvalue weighted by atomic mass is 35.5. The van der Waals surface area contributed by atoms with E-state index in [2.05, 4.69) is 24.5 Å². The molecule has 0 heterocycles. The van der Waals surface area contributed by atoms with Gasteiger partial charge < -0.3 is 15.4 Å². The van der Waals surface area contributed by atoms with Crippen LogP contribution in [0.1, 0.15) is 33.3 Å². The summed E-state index contributed by atoms with van der Waals surface area (Å²) in [6.45, 7) is 9.98. The average molecular weight is 313 g/mol. The summed E-state index contributed by atoms with van der Waals surface area (Å²) in [6.07, 6.45) is -0.553. The molecular weight excluding hydrogens is 288 g/mol. The molecule has 0 aliphatic carbocycles. The zero-order valence-corrected chi connectivity index (χ0v) is 14.0. The van der Waals surface area contributed by atoms with Crippen molar-refractivity contribution in [1.82, 2.24) is 10.6 Å². The van der Waals surface area contributed by atoms with Gasteiger partial charge in [0.25, 0.3) is 5.91 Å². The Balaban J connectivity index is 2.72. The maximum Gasteiger partial charge on any atom is 0.260 e. The van der Waals surface area contributed by atoms with Gasteiger partial charge in [0, 0.05) is 23.7 Å². The van der Waals surface area contributed by atoms with E-state index >= 15 is 0 Å². The third-order valence-electron chi connectivity index (χ3n) is 2.99. The highest BCUT2D eigenvalue weighted by Gasteiger charge is 2.17. The number of amides is 1. The summed E-state index contributed by atoms with van der Waals surface area (Å²) in [7, 11) is 0. The van der Waals surface area contributed by atoms with E-state index < -0.39 is 6.10 Å². The van der Waals surface area contributed by atoms with E-state index in [1.807, 2.05) is 25.1 Å². The van der Waals surface area contributed by atoms with E-state index in [4.69, 9.17) is 16.3 Å². The molecule has 0 aliphatic rings. The minimum atomic E-state index is -0.553. The maximum absolute atomic E-state index is 12.0. The van der Waals surface area contributed by atoms with Crippen molar-refractivity contribution < 1.29 is 9.53 Å². The van der Waals surface area contributed by atoms with Gasteiger partial charge in [-0.05, 0) is 31.5 Å². The molecule has 2 N–H and O–H groups in total. The number of ether oxygens (including phenoxy) is 1. The van der Waals surface area contributed by atoms with Crippen molar-refractivity contribution in [3.05, 3.63) is 28.8 Å². The predicted octanol–water partition coefficient (Wildman–Crippen LogP) is 2.99. The molecule has 0 fully saturated rings. The Bertz CT molecular complexity index is 464. The summed E-state index contributed by atoms with van der Waals surface area (Å²) in [5.74, 6) is 0.949. The molecular formula is C16H25ClN2O2. The summed E-state index contributed by atoms with van der Waals surface area (Å²) in [4.78, 5) is 12.0. The highest BCUT2D eigenvalue weighted by molar-refractivity contribution is 6.31. The molecule has 5 heteroatoms. The normalized spacial score (nSPS) is 12.3. The summed E-state index contributed by atoms with van der Waals surface area (Å²) >= 11 is 6.21. The number of halogens is 1. The lowest BCUT2D eigenvalue weighted by Crippen LogP contribution is -2.38. The molecule has 1 amide bonds. The first-order chi connectivity index (χ1) is 9.95. The van der Waals surface area contributed by atoms with Crippen LogP contribution in [0.3, 0.4) is 0 Å². The second-order valence-electron chi connectivity index (χ2n) is 5.40. The van der Waals surface area contributed by atoms with Crippen LogP contribution in [0.5, 0.6) is 5.75 Å². The molecule has 0 radical (unpaired) electrons. The third kappa shape index (κ3) is 5.94. The van der Waals surface area contributed by atoms with E-state index in [0.717, 1.165) is 12.1 Å². The molecule has 1 rings (SSSR count). The molecule has 0 saturated heterocycles. The Morgan fingerprint density at radius 2 is 2.05 bits per heavy atom. The van der Waals surface area contributed by atoms with Crippen molar-refractivity contribution >= 4 is 17.5 Å². The van der Waals surface area contributed by atoms with Gasteiger partial charge in [-0.15, -0.1) is 0 Å². The largest absolute Gasteiger partial charge is 0.481 e. The van der Waals surface area contributed by atoms with E-state index in [9.17, 15) is 4.79 Å². The van der Waals surface area contributed by atoms with Crippen LogP contribution in [0.4, 0.5) is 0 Å². The minimum Gasteiger partial charge on any atom is -0.481 e. The number of carbonyl (C=O) groups is 1. The fourth-order valence-electron chi connectivity index (χ4n) is 1.76. The molecule has 4 nitrogen and oxygen atoms in total. The van der Waals surface area contributed by atoms with Crippen LogP contribution in [-0.4, -0.2) is 25.1 Å². The quantitative estimate of drug-likeness (QED) is 0.776. The lowest BCUT2D eigenvalue weighted by Gasteiger charge is -2.18. The van der Waals surface area contributed by atoms with E-state index in [1.54, 1.807) is 6.92 Å². The molecule has 0 aliphatic heterocycles. The van der Waals surface area contributed by atoms with Crippen LogP contribution in [0.25, 0.3) is 0 Å². The van der Waals surface area contributed by atoms with Gasteiger partial charge in [-0.2, -0.15) is 0 Å². The van der Waals surface area contributed by atoms with Crippen LogP contribution in [0.2, 0.25) is 5.02 Å². The van der Waals surface area contributed by atoms with Gasteiger partial charge in [-0.3, -0.25) is 4.79 Å². The smallest absolute Gasteiger partial charge is 0.260 e. The summed E-state index contributed by atoms with van der Waals surface area (Å²) in [6, 6.07) is 5.49. The fraction of sp³-hybridized carbons (Fsp3) is 0.562. The van der Waals surface area contributed by atoms with Crippen LogP contribution in [-0.2, 0) is 11.3 Å². The van der Waals surface area contributed by atoms with Crippen molar-refractivity contribution in [1.29, 1.82) is 0 Å². The number of hydrogen-bond acceptors (Lipinski definition) is 3. The number of hydrogen-bond donors (Lipinski definition) is 2. The van der Waals surface area contributed by atoms with Gasteiger partial charge in [0.15, 0.2) is 6.10 Å². The van der Waals surface area contributed by atoms with Gasteiger partial charge in [0.1, 0.15) is 5.75 Å². The molecule has 0 saturated carbocycles. The third-order valence-corrected chi connectivity index (χ3v) is 3.34. The predicted molar refractivity (Wildman–Crippen MR) is 86.8 cm³/mol. The monoisotopic (exact) mass is 312 g/mol. The molecule has 0 aromatic heterocycles. The zero-order chi connectivity index (χ0) is 15.8. The number of benzene rings is 1. The van der Waals surface area contributed by atoms with E-state index in [0.29, 0.717) is 29.8 Å². The van der Waals surface area contributed by atoms with E-state index in [1.165, 1.54) is 0 Å². The van der Waals surface area contributed by atoms with Crippen LogP contribution in [0.15, 0.2) is 18.2 Å². The van der Waals surface area contributed by atoms with Crippen molar-refractivity contribution in [2.24, 2.45) is 5.92 Å². The number of nitrogens with one attached hydrogen (secondary N) is 2. The summed E-state index contributed by atoms with van der Waals surface area (Å²) in [5, 5.41) is 6.73. The summed E-state index contributed by atoms with van der Waals surface area (Å²) < 4.78 is 5.78. The van der Waals surface area contributed by atoms with E-state index in [-0.39, 0.29) is 5.91 Å². The Morgan fingerprint density at radius 3 is 2.67 bits per heavy atom. The molecule has 118 valence electrons. The Kier molecular flexibility index (Phi) is 7.54.